The molecule has 3 aromatic rings. The summed E-state index contributed by atoms with van der Waals surface area (Å²) in [7, 11) is 3.73. The van der Waals surface area contributed by atoms with E-state index in [1.54, 1.807) is 17.7 Å². The third-order valence-corrected chi connectivity index (χ3v) is 6.70. The minimum atomic E-state index is -0.670. The third kappa shape index (κ3) is 5.45. The molecular weight excluding hydrogens is 449 g/mol. The van der Waals surface area contributed by atoms with Crippen LogP contribution in [0.2, 0.25) is 0 Å². The Morgan fingerprint density at radius 2 is 1.83 bits per heavy atom. The zero-order chi connectivity index (χ0) is 25.1. The monoisotopic (exact) mass is 481 g/mol. The number of carbonyl (C=O) groups excluding carboxylic acids is 2. The Kier molecular flexibility index (Phi) is 7.35. The number of hydrogen-bond acceptors (Lipinski definition) is 5. The fourth-order valence-corrected chi connectivity index (χ4v) is 4.74. The van der Waals surface area contributed by atoms with E-state index in [1.165, 1.54) is 10.6 Å². The van der Waals surface area contributed by atoms with E-state index in [2.05, 4.69) is 10.2 Å². The smallest absolute Gasteiger partial charge is 0.329 e. The highest BCUT2D eigenvalue weighted by atomic mass is 19.1. The van der Waals surface area contributed by atoms with Gasteiger partial charge in [0.25, 0.3) is 0 Å². The number of aromatic nitrogens is 2. The van der Waals surface area contributed by atoms with Crippen molar-refractivity contribution in [2.45, 2.75) is 51.1 Å². The molecule has 1 unspecified atom stereocenters. The first-order valence-electron chi connectivity index (χ1n) is 12.0. The predicted molar refractivity (Wildman–Crippen MR) is 133 cm³/mol. The van der Waals surface area contributed by atoms with Gasteiger partial charge in [-0.15, -0.1) is 0 Å². The Morgan fingerprint density at radius 1 is 1.06 bits per heavy atom. The average molecular weight is 482 g/mol. The van der Waals surface area contributed by atoms with Gasteiger partial charge in [-0.25, -0.2) is 9.18 Å². The highest BCUT2D eigenvalue weighted by molar-refractivity contribution is 6.00. The minimum absolute atomic E-state index is 0.169. The van der Waals surface area contributed by atoms with Gasteiger partial charge in [-0.2, -0.15) is 0 Å². The zero-order valence-corrected chi connectivity index (χ0v) is 20.2. The normalized spacial score (nSPS) is 16.3. The van der Waals surface area contributed by atoms with Crippen LogP contribution in [0.1, 0.15) is 49.3 Å². The average Bonchev–Trinajstić information content (AvgIpc) is 3.06. The fraction of sp³-hybridized carbons (Fsp3) is 0.423. The number of piperidine rings is 1. The lowest BCUT2D eigenvalue weighted by Crippen LogP contribution is -2.44. The van der Waals surface area contributed by atoms with Crippen LogP contribution in [0.3, 0.4) is 0 Å². The molecule has 3 N–H and O–H groups in total. The summed E-state index contributed by atoms with van der Waals surface area (Å²) in [4.78, 5) is 38.9. The molecule has 0 spiro atoms. The van der Waals surface area contributed by atoms with Gasteiger partial charge in [-0.3, -0.25) is 24.0 Å². The van der Waals surface area contributed by atoms with E-state index in [-0.39, 0.29) is 29.5 Å². The molecule has 1 saturated heterocycles. The standard InChI is InChI=1S/C26H32FN5O3/c1-30(16-18-7-9-20(28)19(27)14-18)13-5-3-4-6-17-8-10-21-23(15-17)31(2)26(35)32(21)22-11-12-24(33)29-25(22)34/h7-10,14-15,22H,3-6,11-13,16,28H2,1-2H3,(H,29,33,34). The SMILES string of the molecule is CN(CCCCCc1ccc2c(c1)n(C)c(=O)n2C1CCC(=O)NC1=O)Cc1ccc(N)c(F)c1. The van der Waals surface area contributed by atoms with Gasteiger partial charge >= 0.3 is 5.69 Å². The molecule has 4 rings (SSSR count). The summed E-state index contributed by atoms with van der Waals surface area (Å²) in [5.74, 6) is -1.10. The van der Waals surface area contributed by atoms with Crippen LogP contribution in [-0.2, 0) is 29.6 Å². The van der Waals surface area contributed by atoms with Crippen molar-refractivity contribution in [2.75, 3.05) is 19.3 Å². The minimum Gasteiger partial charge on any atom is -0.396 e. The van der Waals surface area contributed by atoms with Crippen LogP contribution in [0.25, 0.3) is 11.0 Å². The molecule has 0 radical (unpaired) electrons. The van der Waals surface area contributed by atoms with Crippen LogP contribution >= 0.6 is 0 Å². The lowest BCUT2D eigenvalue weighted by atomic mass is 10.0. The summed E-state index contributed by atoms with van der Waals surface area (Å²) >= 11 is 0. The second-order valence-electron chi connectivity index (χ2n) is 9.41. The van der Waals surface area contributed by atoms with Crippen LogP contribution in [0.4, 0.5) is 10.1 Å². The van der Waals surface area contributed by atoms with Gasteiger partial charge in [0.15, 0.2) is 0 Å². The highest BCUT2D eigenvalue weighted by Crippen LogP contribution is 2.24. The van der Waals surface area contributed by atoms with Gasteiger partial charge in [0.2, 0.25) is 11.8 Å². The maximum atomic E-state index is 13.6. The van der Waals surface area contributed by atoms with Gasteiger partial charge in [-0.1, -0.05) is 18.6 Å². The van der Waals surface area contributed by atoms with E-state index < -0.39 is 11.9 Å². The number of fused-ring (bicyclic) bond motifs is 1. The Balaban J connectivity index is 1.32. The van der Waals surface area contributed by atoms with E-state index >= 15 is 0 Å². The van der Waals surface area contributed by atoms with Crippen molar-refractivity contribution in [1.82, 2.24) is 19.4 Å². The van der Waals surface area contributed by atoms with Gasteiger partial charge in [0.1, 0.15) is 11.9 Å². The molecular formula is C26H32FN5O3. The lowest BCUT2D eigenvalue weighted by molar-refractivity contribution is -0.135. The largest absolute Gasteiger partial charge is 0.396 e. The maximum absolute atomic E-state index is 13.6. The number of nitrogens with one attached hydrogen (secondary N) is 1. The Labute approximate surface area is 203 Å². The summed E-state index contributed by atoms with van der Waals surface area (Å²) in [5, 5.41) is 2.33. The van der Waals surface area contributed by atoms with Crippen LogP contribution in [-0.4, -0.2) is 39.4 Å². The third-order valence-electron chi connectivity index (χ3n) is 6.70. The number of amides is 2. The summed E-state index contributed by atoms with van der Waals surface area (Å²) in [6.45, 7) is 1.58. The number of anilines is 1. The number of nitrogen functional groups attached to an aromatic ring is 1. The molecule has 2 heterocycles. The van der Waals surface area contributed by atoms with Gasteiger partial charge in [0.05, 0.1) is 16.7 Å². The topological polar surface area (TPSA) is 102 Å². The molecule has 9 heteroatoms. The molecule has 8 nitrogen and oxygen atoms in total. The maximum Gasteiger partial charge on any atom is 0.329 e. The Morgan fingerprint density at radius 3 is 2.57 bits per heavy atom. The summed E-state index contributed by atoms with van der Waals surface area (Å²) < 4.78 is 16.7. The molecule has 1 aliphatic heterocycles. The number of imidazole rings is 1. The van der Waals surface area contributed by atoms with Gasteiger partial charge in [-0.05, 0) is 74.7 Å². The first kappa shape index (κ1) is 24.7. The predicted octanol–water partition coefficient (Wildman–Crippen LogP) is 2.88. The first-order chi connectivity index (χ1) is 16.7. The number of imide groups is 1. The van der Waals surface area contributed by atoms with Crippen LogP contribution < -0.4 is 16.7 Å². The fourth-order valence-electron chi connectivity index (χ4n) is 4.74. The quantitative estimate of drug-likeness (QED) is 0.278. The first-order valence-corrected chi connectivity index (χ1v) is 12.0. The van der Waals surface area contributed by atoms with Crippen molar-refractivity contribution < 1.29 is 14.0 Å². The van der Waals surface area contributed by atoms with Crippen molar-refractivity contribution in [2.24, 2.45) is 7.05 Å². The van der Waals surface area contributed by atoms with Crippen molar-refractivity contribution in [3.05, 3.63) is 63.8 Å². The van der Waals surface area contributed by atoms with E-state index in [4.69, 9.17) is 5.73 Å². The second kappa shape index (κ2) is 10.4. The van der Waals surface area contributed by atoms with E-state index in [1.807, 2.05) is 31.3 Å². The molecule has 35 heavy (non-hydrogen) atoms. The number of unbranched alkanes of at least 4 members (excludes halogenated alkanes) is 2. The molecule has 0 saturated carbocycles. The molecule has 1 atom stereocenters. The highest BCUT2D eigenvalue weighted by Gasteiger charge is 2.31. The van der Waals surface area contributed by atoms with Crippen molar-refractivity contribution in [3.8, 4) is 0 Å². The van der Waals surface area contributed by atoms with Gasteiger partial charge in [0, 0.05) is 20.0 Å². The number of benzene rings is 2. The summed E-state index contributed by atoms with van der Waals surface area (Å²) in [6, 6.07) is 10.2. The van der Waals surface area contributed by atoms with Crippen LogP contribution in [0, 0.1) is 5.82 Å². The molecule has 2 aromatic carbocycles. The van der Waals surface area contributed by atoms with E-state index in [0.717, 1.165) is 48.9 Å². The molecule has 2 amide bonds. The van der Waals surface area contributed by atoms with E-state index in [9.17, 15) is 18.8 Å². The van der Waals surface area contributed by atoms with Crippen molar-refractivity contribution in [1.29, 1.82) is 0 Å². The Hall–Kier alpha value is -3.46. The molecule has 1 fully saturated rings. The lowest BCUT2D eigenvalue weighted by Gasteiger charge is -2.21. The zero-order valence-electron chi connectivity index (χ0n) is 20.2. The molecule has 1 aliphatic rings. The number of hydrogen-bond donors (Lipinski definition) is 2. The molecule has 0 bridgehead atoms. The molecule has 1 aromatic heterocycles. The van der Waals surface area contributed by atoms with Gasteiger partial charge < -0.3 is 10.6 Å². The number of nitrogens with two attached hydrogens (primary N) is 1. The second-order valence-corrected chi connectivity index (χ2v) is 9.41. The number of halogens is 1. The van der Waals surface area contributed by atoms with Crippen LogP contribution in [0.5, 0.6) is 0 Å². The molecule has 186 valence electrons. The molecule has 0 aliphatic carbocycles. The van der Waals surface area contributed by atoms with Crippen molar-refractivity contribution in [3.63, 3.8) is 0 Å². The Bertz CT molecular complexity index is 1310. The summed E-state index contributed by atoms with van der Waals surface area (Å²) in [6.07, 6.45) is 4.53. The number of rotatable bonds is 9. The van der Waals surface area contributed by atoms with E-state index in [0.29, 0.717) is 18.5 Å². The number of nitrogens with zero attached hydrogens (tertiary/aromatic N) is 3. The number of aryl methyl sites for hydroxylation is 2. The summed E-state index contributed by atoms with van der Waals surface area (Å²) in [5.41, 5.74) is 8.99. The van der Waals surface area contributed by atoms with Crippen molar-refractivity contribution >= 4 is 28.5 Å². The van der Waals surface area contributed by atoms with Crippen LogP contribution in [0.15, 0.2) is 41.2 Å². The number of carbonyl (C=O) groups is 2.